The molecule has 6 heteroatoms. The van der Waals surface area contributed by atoms with Gasteiger partial charge in [-0.15, -0.1) is 0 Å². The van der Waals surface area contributed by atoms with Gasteiger partial charge in [0.15, 0.2) is 23.3 Å². The molecule has 0 saturated carbocycles. The van der Waals surface area contributed by atoms with Crippen LogP contribution in [0.15, 0.2) is 60.7 Å². The largest absolute Gasteiger partial charge is 0.259 e. The first-order chi connectivity index (χ1) is 15.5. The second kappa shape index (κ2) is 7.89. The third-order valence-corrected chi connectivity index (χ3v) is 5.91. The van der Waals surface area contributed by atoms with Crippen LogP contribution in [-0.2, 0) is 0 Å². The van der Waals surface area contributed by atoms with Gasteiger partial charge in [-0.3, -0.25) is 10.2 Å². The summed E-state index contributed by atoms with van der Waals surface area (Å²) in [5.41, 5.74) is 8.83. The first kappa shape index (κ1) is 19.9. The lowest BCUT2D eigenvalue weighted by Gasteiger charge is -2.02. The number of nitrogens with one attached hydrogen (secondary N) is 2. The quantitative estimate of drug-likeness (QED) is 0.383. The van der Waals surface area contributed by atoms with Crippen LogP contribution in [0.3, 0.4) is 0 Å². The molecule has 0 radical (unpaired) electrons. The van der Waals surface area contributed by atoms with Gasteiger partial charge in [0.2, 0.25) is 0 Å². The Morgan fingerprint density at radius 2 is 0.969 bits per heavy atom. The van der Waals surface area contributed by atoms with E-state index in [2.05, 4.69) is 84.5 Å². The van der Waals surface area contributed by atoms with Crippen molar-refractivity contribution in [2.45, 2.75) is 27.7 Å². The van der Waals surface area contributed by atoms with Crippen LogP contribution in [-0.4, -0.2) is 30.4 Å². The Morgan fingerprint density at radius 1 is 0.500 bits per heavy atom. The van der Waals surface area contributed by atoms with E-state index in [1.54, 1.807) is 0 Å². The van der Waals surface area contributed by atoms with E-state index in [0.29, 0.717) is 11.6 Å². The summed E-state index contributed by atoms with van der Waals surface area (Å²) in [6.07, 6.45) is 0. The second-order valence-electron chi connectivity index (χ2n) is 8.19. The lowest BCUT2D eigenvalue weighted by molar-refractivity contribution is 1.09. The number of aromatic nitrogens is 6. The van der Waals surface area contributed by atoms with Gasteiger partial charge in [0.05, 0.1) is 0 Å². The zero-order valence-electron chi connectivity index (χ0n) is 18.6. The molecule has 2 N–H and O–H groups in total. The van der Waals surface area contributed by atoms with Crippen LogP contribution >= 0.6 is 0 Å². The predicted molar refractivity (Wildman–Crippen MR) is 127 cm³/mol. The molecule has 0 aliphatic carbocycles. The molecule has 0 fully saturated rings. The average molecular weight is 421 g/mol. The molecule has 0 amide bonds. The number of hydrogen-bond acceptors (Lipinski definition) is 4. The summed E-state index contributed by atoms with van der Waals surface area (Å²) in [4.78, 5) is 9.42. The minimum absolute atomic E-state index is 0.644. The van der Waals surface area contributed by atoms with Crippen molar-refractivity contribution in [3.8, 4) is 45.6 Å². The second-order valence-corrected chi connectivity index (χ2v) is 8.19. The fraction of sp³-hybridized carbons (Fsp3) is 0.154. The fourth-order valence-corrected chi connectivity index (χ4v) is 3.61. The monoisotopic (exact) mass is 420 g/mol. The molecule has 0 unspecified atom stereocenters. The van der Waals surface area contributed by atoms with Crippen LogP contribution in [0.5, 0.6) is 0 Å². The van der Waals surface area contributed by atoms with E-state index in [1.165, 1.54) is 22.3 Å². The Labute approximate surface area is 186 Å². The highest BCUT2D eigenvalue weighted by molar-refractivity contribution is 5.69. The smallest absolute Gasteiger partial charge is 0.181 e. The van der Waals surface area contributed by atoms with Gasteiger partial charge in [0.25, 0.3) is 0 Å². The van der Waals surface area contributed by atoms with Crippen molar-refractivity contribution in [2.75, 3.05) is 0 Å². The number of H-pyrrole nitrogens is 2. The number of benzene rings is 3. The molecule has 2 aromatic heterocycles. The van der Waals surface area contributed by atoms with Crippen LogP contribution < -0.4 is 0 Å². The van der Waals surface area contributed by atoms with E-state index in [-0.39, 0.29) is 0 Å². The summed E-state index contributed by atoms with van der Waals surface area (Å²) >= 11 is 0. The summed E-state index contributed by atoms with van der Waals surface area (Å²) in [6.45, 7) is 8.40. The Hall–Kier alpha value is -4.06. The van der Waals surface area contributed by atoms with Crippen molar-refractivity contribution in [2.24, 2.45) is 0 Å². The summed E-state index contributed by atoms with van der Waals surface area (Å²) in [5.74, 6) is 2.79. The lowest BCUT2D eigenvalue weighted by atomic mass is 10.1. The highest BCUT2D eigenvalue weighted by atomic mass is 15.2. The predicted octanol–water partition coefficient (Wildman–Crippen LogP) is 5.82. The standard InChI is InChI=1S/C26H24N6/c1-15-8-10-21(12-17(15)3)25-27-23(29-31-25)19-6-5-7-20(14-19)24-28-26(32-30-24)22-11-9-16(2)18(4)13-22/h5-14H,1-4H3,(H,27,29,31)(H,28,30,32). The van der Waals surface area contributed by atoms with Crippen LogP contribution in [0, 0.1) is 27.7 Å². The lowest BCUT2D eigenvalue weighted by Crippen LogP contribution is -1.87. The topological polar surface area (TPSA) is 83.1 Å². The third-order valence-electron chi connectivity index (χ3n) is 5.91. The van der Waals surface area contributed by atoms with E-state index in [9.17, 15) is 0 Å². The zero-order chi connectivity index (χ0) is 22.2. The SMILES string of the molecule is Cc1ccc(-c2nc(-c3cccc(-c4n[nH]c(-c5ccc(C)c(C)c5)n4)c3)n[nH]2)cc1C. The Kier molecular flexibility index (Phi) is 4.90. The van der Waals surface area contributed by atoms with Gasteiger partial charge < -0.3 is 0 Å². The van der Waals surface area contributed by atoms with Crippen LogP contribution in [0.2, 0.25) is 0 Å². The molecule has 5 aromatic rings. The van der Waals surface area contributed by atoms with Crippen molar-refractivity contribution in [1.29, 1.82) is 0 Å². The van der Waals surface area contributed by atoms with Crippen molar-refractivity contribution in [3.63, 3.8) is 0 Å². The number of hydrogen-bond donors (Lipinski definition) is 2. The summed E-state index contributed by atoms with van der Waals surface area (Å²) < 4.78 is 0. The Morgan fingerprint density at radius 3 is 1.41 bits per heavy atom. The van der Waals surface area contributed by atoms with Gasteiger partial charge in [-0.05, 0) is 68.1 Å². The highest BCUT2D eigenvalue weighted by Crippen LogP contribution is 2.26. The molecule has 0 spiro atoms. The van der Waals surface area contributed by atoms with E-state index in [4.69, 9.17) is 9.97 Å². The van der Waals surface area contributed by atoms with Crippen molar-refractivity contribution in [1.82, 2.24) is 30.4 Å². The van der Waals surface area contributed by atoms with Crippen LogP contribution in [0.25, 0.3) is 45.6 Å². The van der Waals surface area contributed by atoms with Crippen molar-refractivity contribution >= 4 is 0 Å². The molecule has 2 heterocycles. The minimum Gasteiger partial charge on any atom is -0.259 e. The van der Waals surface area contributed by atoms with Gasteiger partial charge in [-0.2, -0.15) is 10.2 Å². The van der Waals surface area contributed by atoms with E-state index in [1.807, 2.05) is 24.3 Å². The maximum absolute atomic E-state index is 4.71. The third kappa shape index (κ3) is 3.71. The molecule has 0 atom stereocenters. The van der Waals surface area contributed by atoms with Crippen LogP contribution in [0.1, 0.15) is 22.3 Å². The first-order valence-corrected chi connectivity index (χ1v) is 10.6. The number of aryl methyl sites for hydroxylation is 4. The maximum atomic E-state index is 4.71. The average Bonchev–Trinajstić information content (AvgIpc) is 3.48. The van der Waals surface area contributed by atoms with Gasteiger partial charge in [-0.1, -0.05) is 42.5 Å². The van der Waals surface area contributed by atoms with Gasteiger partial charge in [-0.25, -0.2) is 9.97 Å². The molecule has 0 aliphatic rings. The van der Waals surface area contributed by atoms with Crippen molar-refractivity contribution in [3.05, 3.63) is 82.9 Å². The van der Waals surface area contributed by atoms with Crippen LogP contribution in [0.4, 0.5) is 0 Å². The molecular formula is C26H24N6. The molecule has 0 bridgehead atoms. The molecule has 0 aliphatic heterocycles. The molecule has 6 nitrogen and oxygen atoms in total. The molecule has 158 valence electrons. The van der Waals surface area contributed by atoms with Gasteiger partial charge in [0, 0.05) is 22.3 Å². The molecule has 5 rings (SSSR count). The number of rotatable bonds is 4. The number of aromatic amines is 2. The number of nitrogens with zero attached hydrogens (tertiary/aromatic N) is 4. The zero-order valence-corrected chi connectivity index (χ0v) is 18.6. The molecular weight excluding hydrogens is 396 g/mol. The molecule has 32 heavy (non-hydrogen) atoms. The summed E-state index contributed by atoms with van der Waals surface area (Å²) in [7, 11) is 0. The summed E-state index contributed by atoms with van der Waals surface area (Å²) in [5, 5.41) is 15.0. The van der Waals surface area contributed by atoms with E-state index < -0.39 is 0 Å². The normalized spacial score (nSPS) is 11.1. The highest BCUT2D eigenvalue weighted by Gasteiger charge is 2.12. The maximum Gasteiger partial charge on any atom is 0.181 e. The first-order valence-electron chi connectivity index (χ1n) is 10.6. The van der Waals surface area contributed by atoms with Crippen molar-refractivity contribution < 1.29 is 0 Å². The van der Waals surface area contributed by atoms with E-state index >= 15 is 0 Å². The minimum atomic E-state index is 0.644. The summed E-state index contributed by atoms with van der Waals surface area (Å²) in [6, 6.07) is 20.5. The van der Waals surface area contributed by atoms with E-state index in [0.717, 1.165) is 33.9 Å². The molecule has 0 saturated heterocycles. The fourth-order valence-electron chi connectivity index (χ4n) is 3.61. The Bertz CT molecular complexity index is 1320. The Balaban J connectivity index is 1.44. The van der Waals surface area contributed by atoms with Gasteiger partial charge >= 0.3 is 0 Å². The molecule has 3 aromatic carbocycles. The van der Waals surface area contributed by atoms with Gasteiger partial charge in [0.1, 0.15) is 0 Å².